The molecule has 0 spiro atoms. The van der Waals surface area contributed by atoms with E-state index >= 15 is 0 Å². The van der Waals surface area contributed by atoms with Gasteiger partial charge in [-0.1, -0.05) is 170 Å². The van der Waals surface area contributed by atoms with E-state index in [0.29, 0.717) is 16.7 Å². The van der Waals surface area contributed by atoms with Crippen LogP contribution in [0.5, 0.6) is 0 Å². The Labute approximate surface area is 292 Å². The van der Waals surface area contributed by atoms with E-state index in [2.05, 4.69) is 78.9 Å². The lowest BCUT2D eigenvalue weighted by molar-refractivity contribution is 0.637. The fraction of sp³-hybridized carbons (Fsp3) is 0. The van der Waals surface area contributed by atoms with Crippen LogP contribution in [0.15, 0.2) is 186 Å². The molecule has 0 amide bonds. The van der Waals surface area contributed by atoms with Gasteiger partial charge in [0.25, 0.3) is 0 Å². The quantitative estimate of drug-likeness (QED) is 0.177. The Bertz CT molecular complexity index is 3200. The molecule has 10 rings (SSSR count). The van der Waals surface area contributed by atoms with Crippen LogP contribution in [0.4, 0.5) is 0 Å². The molecule has 0 atom stereocenters. The SMILES string of the molecule is [2H]c1c([2H])c([2H])c2c(c1[2H])c([2H])c([2H])c1c(-c3ccccc3)c(-c3c4ccccc4c(-c4ccccc4)c4ccc(-c5cccc6ccccc56)cc34)oc12. The molecule has 1 nitrogen and oxygen atoms in total. The molecule has 9 aromatic carbocycles. The molecule has 0 saturated carbocycles. The van der Waals surface area contributed by atoms with Crippen LogP contribution >= 0.6 is 0 Å². The Balaban J connectivity index is 1.44. The first-order chi connectivity index (χ1) is 26.8. The molecule has 1 aromatic heterocycles. The molecule has 0 unspecified atom stereocenters. The van der Waals surface area contributed by atoms with Gasteiger partial charge >= 0.3 is 0 Å². The molecule has 0 saturated heterocycles. The topological polar surface area (TPSA) is 13.1 Å². The summed E-state index contributed by atoms with van der Waals surface area (Å²) in [4.78, 5) is 0. The molecule has 0 N–H and O–H groups in total. The van der Waals surface area contributed by atoms with Crippen molar-refractivity contribution in [2.45, 2.75) is 0 Å². The van der Waals surface area contributed by atoms with Gasteiger partial charge in [-0.25, -0.2) is 0 Å². The van der Waals surface area contributed by atoms with E-state index in [1.54, 1.807) is 0 Å². The summed E-state index contributed by atoms with van der Waals surface area (Å²) in [7, 11) is 0. The summed E-state index contributed by atoms with van der Waals surface area (Å²) < 4.78 is 60.4. The minimum atomic E-state index is -0.450. The predicted molar refractivity (Wildman–Crippen MR) is 208 cm³/mol. The normalized spacial score (nSPS) is 13.4. The van der Waals surface area contributed by atoms with E-state index in [9.17, 15) is 1.37 Å². The molecule has 49 heavy (non-hydrogen) atoms. The zero-order valence-corrected chi connectivity index (χ0v) is 26.3. The summed E-state index contributed by atoms with van der Waals surface area (Å²) in [5.41, 5.74) is 6.56. The van der Waals surface area contributed by atoms with Crippen molar-refractivity contribution in [3.63, 3.8) is 0 Å². The highest BCUT2D eigenvalue weighted by molar-refractivity contribution is 6.24. The number of rotatable bonds is 4. The molecular formula is C48H30O. The summed E-state index contributed by atoms with van der Waals surface area (Å²) in [5.74, 6) is 0.463. The lowest BCUT2D eigenvalue weighted by Crippen LogP contribution is -1.92. The molecule has 0 aliphatic rings. The third-order valence-corrected chi connectivity index (χ3v) is 9.61. The molecule has 0 aliphatic heterocycles. The third kappa shape index (κ3) is 4.33. The largest absolute Gasteiger partial charge is 0.455 e. The Morgan fingerprint density at radius 3 is 1.80 bits per heavy atom. The zero-order valence-electron chi connectivity index (χ0n) is 32.3. The minimum absolute atomic E-state index is 0.0317. The average molecular weight is 629 g/mol. The summed E-state index contributed by atoms with van der Waals surface area (Å²) in [6.07, 6.45) is 0. The van der Waals surface area contributed by atoms with Crippen molar-refractivity contribution < 1.29 is 12.6 Å². The van der Waals surface area contributed by atoms with E-state index in [-0.39, 0.29) is 40.5 Å². The van der Waals surface area contributed by atoms with E-state index in [4.69, 9.17) is 11.3 Å². The standard InChI is InChI=1S/C48H30O/c1-3-16-33(17-4-1)44-39-23-11-12-24-40(39)46(43-30-35(27-28-41(43)44)37-25-13-20-31-14-7-9-21-36(31)37)48-45(34-18-5-2-6-19-34)42-29-26-32-15-8-10-22-38(32)47(42)49-48/h1-30H/i8D,10D,15D,22D,26D,29D. The van der Waals surface area contributed by atoms with Crippen LogP contribution in [-0.4, -0.2) is 0 Å². The van der Waals surface area contributed by atoms with Gasteiger partial charge in [0.05, 0.1) is 8.22 Å². The molecule has 0 fully saturated rings. The van der Waals surface area contributed by atoms with Crippen LogP contribution in [0.2, 0.25) is 0 Å². The Kier molecular flexibility index (Phi) is 5.02. The smallest absolute Gasteiger partial charge is 0.144 e. The first kappa shape index (κ1) is 22.2. The fourth-order valence-electron chi connectivity index (χ4n) is 7.47. The van der Waals surface area contributed by atoms with Crippen molar-refractivity contribution in [2.75, 3.05) is 0 Å². The van der Waals surface area contributed by atoms with Crippen LogP contribution in [0.25, 0.3) is 98.8 Å². The van der Waals surface area contributed by atoms with Gasteiger partial charge in [-0.2, -0.15) is 0 Å². The van der Waals surface area contributed by atoms with Crippen LogP contribution in [0.3, 0.4) is 0 Å². The Morgan fingerprint density at radius 2 is 1.00 bits per heavy atom. The van der Waals surface area contributed by atoms with Gasteiger partial charge in [-0.3, -0.25) is 0 Å². The highest BCUT2D eigenvalue weighted by Crippen LogP contribution is 2.50. The molecule has 0 aliphatic carbocycles. The van der Waals surface area contributed by atoms with Gasteiger partial charge in [0.15, 0.2) is 0 Å². The number of hydrogen-bond acceptors (Lipinski definition) is 1. The second-order valence-corrected chi connectivity index (χ2v) is 12.3. The van der Waals surface area contributed by atoms with Crippen molar-refractivity contribution >= 4 is 54.1 Å². The zero-order chi connectivity index (χ0) is 37.5. The fourth-order valence-corrected chi connectivity index (χ4v) is 7.47. The number of furan rings is 1. The van der Waals surface area contributed by atoms with Gasteiger partial charge in [-0.05, 0) is 77.6 Å². The third-order valence-electron chi connectivity index (χ3n) is 9.61. The predicted octanol–water partition coefficient (Wildman–Crippen LogP) is 13.7. The maximum Gasteiger partial charge on any atom is 0.144 e. The summed E-state index contributed by atoms with van der Waals surface area (Å²) in [6, 6.07) is 47.5. The number of fused-ring (bicyclic) bond motifs is 6. The van der Waals surface area contributed by atoms with Crippen molar-refractivity contribution in [1.29, 1.82) is 0 Å². The van der Waals surface area contributed by atoms with Gasteiger partial charge in [-0.15, -0.1) is 0 Å². The summed E-state index contributed by atoms with van der Waals surface area (Å²) in [5, 5.41) is 6.51. The first-order valence-electron chi connectivity index (χ1n) is 19.4. The first-order valence-corrected chi connectivity index (χ1v) is 16.4. The van der Waals surface area contributed by atoms with E-state index in [1.165, 1.54) is 0 Å². The van der Waals surface area contributed by atoms with Crippen LogP contribution < -0.4 is 0 Å². The minimum Gasteiger partial charge on any atom is -0.455 e. The highest BCUT2D eigenvalue weighted by atomic mass is 16.3. The number of benzene rings is 9. The van der Waals surface area contributed by atoms with Crippen molar-refractivity contribution in [3.8, 4) is 44.7 Å². The monoisotopic (exact) mass is 628 g/mol. The second kappa shape index (κ2) is 11.1. The Hall–Kier alpha value is -6.44. The second-order valence-electron chi connectivity index (χ2n) is 12.3. The molecule has 1 heteroatoms. The molecule has 1 heterocycles. The Morgan fingerprint density at radius 1 is 0.367 bits per heavy atom. The lowest BCUT2D eigenvalue weighted by atomic mass is 9.84. The lowest BCUT2D eigenvalue weighted by Gasteiger charge is -2.18. The van der Waals surface area contributed by atoms with Crippen molar-refractivity contribution in [2.24, 2.45) is 0 Å². The van der Waals surface area contributed by atoms with E-state index in [1.807, 2.05) is 66.7 Å². The van der Waals surface area contributed by atoms with Crippen molar-refractivity contribution in [1.82, 2.24) is 0 Å². The van der Waals surface area contributed by atoms with Crippen LogP contribution in [0.1, 0.15) is 8.22 Å². The van der Waals surface area contributed by atoms with Crippen LogP contribution in [0, 0.1) is 0 Å². The molecular weight excluding hydrogens is 593 g/mol. The summed E-state index contributed by atoms with van der Waals surface area (Å²) in [6.45, 7) is 0. The van der Waals surface area contributed by atoms with Gasteiger partial charge in [0.2, 0.25) is 0 Å². The maximum absolute atomic E-state index is 9.42. The van der Waals surface area contributed by atoms with E-state index in [0.717, 1.165) is 65.7 Å². The van der Waals surface area contributed by atoms with Gasteiger partial charge < -0.3 is 4.42 Å². The molecule has 228 valence electrons. The highest BCUT2D eigenvalue weighted by Gasteiger charge is 2.25. The van der Waals surface area contributed by atoms with E-state index < -0.39 is 12.1 Å². The molecule has 10 aromatic rings. The molecule has 0 radical (unpaired) electrons. The number of hydrogen-bond donors (Lipinski definition) is 0. The maximum atomic E-state index is 9.42. The van der Waals surface area contributed by atoms with Crippen molar-refractivity contribution in [3.05, 3.63) is 182 Å². The molecule has 0 bridgehead atoms. The average Bonchev–Trinajstić information content (AvgIpc) is 3.62. The van der Waals surface area contributed by atoms with Gasteiger partial charge in [0.1, 0.15) is 11.3 Å². The van der Waals surface area contributed by atoms with Crippen LogP contribution in [-0.2, 0) is 0 Å². The summed E-state index contributed by atoms with van der Waals surface area (Å²) >= 11 is 0. The van der Waals surface area contributed by atoms with Gasteiger partial charge in [0, 0.05) is 21.9 Å².